The number of aryl methyl sites for hydroxylation is 1. The van der Waals surface area contributed by atoms with Gasteiger partial charge in [-0.3, -0.25) is 0 Å². The minimum atomic E-state index is 0.733. The average Bonchev–Trinajstić information content (AvgIpc) is 2.11. The van der Waals surface area contributed by atoms with Crippen molar-refractivity contribution in [1.82, 2.24) is 0 Å². The average molecular weight is 194 g/mol. The van der Waals surface area contributed by atoms with Crippen molar-refractivity contribution in [2.75, 3.05) is 24.7 Å². The highest BCUT2D eigenvalue weighted by molar-refractivity contribution is 5.54. The molecular weight excluding hydrogens is 176 g/mol. The Balaban J connectivity index is 2.42. The van der Waals surface area contributed by atoms with E-state index in [0.717, 1.165) is 37.4 Å². The van der Waals surface area contributed by atoms with Crippen molar-refractivity contribution in [3.05, 3.63) is 23.8 Å². The van der Waals surface area contributed by atoms with E-state index in [-0.39, 0.29) is 0 Å². The molecule has 0 heterocycles. The first-order chi connectivity index (χ1) is 6.72. The van der Waals surface area contributed by atoms with Crippen LogP contribution in [0.5, 0.6) is 0 Å². The Labute approximate surface area is 85.0 Å². The van der Waals surface area contributed by atoms with Crippen LogP contribution < -0.4 is 11.5 Å². The number of hydrogen-bond acceptors (Lipinski definition) is 3. The highest BCUT2D eigenvalue weighted by Crippen LogP contribution is 2.14. The van der Waals surface area contributed by atoms with Crippen LogP contribution in [0, 0.1) is 0 Å². The smallest absolute Gasteiger partial charge is 0.0469 e. The molecular formula is C11H18N2O. The van der Waals surface area contributed by atoms with Crippen molar-refractivity contribution in [2.45, 2.75) is 19.8 Å². The normalized spacial score (nSPS) is 10.4. The van der Waals surface area contributed by atoms with Gasteiger partial charge in [0.15, 0.2) is 0 Å². The van der Waals surface area contributed by atoms with E-state index >= 15 is 0 Å². The molecule has 1 aromatic rings. The van der Waals surface area contributed by atoms with Crippen LogP contribution in [0.3, 0.4) is 0 Å². The van der Waals surface area contributed by atoms with E-state index in [0.29, 0.717) is 0 Å². The first-order valence-electron chi connectivity index (χ1n) is 4.95. The summed E-state index contributed by atoms with van der Waals surface area (Å²) in [5.41, 5.74) is 14.0. The highest BCUT2D eigenvalue weighted by atomic mass is 16.5. The Bertz CT molecular complexity index is 266. The quantitative estimate of drug-likeness (QED) is 0.555. The second-order valence-corrected chi connectivity index (χ2v) is 3.31. The molecule has 0 aliphatic rings. The minimum absolute atomic E-state index is 0.733. The lowest BCUT2D eigenvalue weighted by Gasteiger charge is -2.04. The van der Waals surface area contributed by atoms with Gasteiger partial charge in [-0.05, 0) is 43.5 Å². The van der Waals surface area contributed by atoms with E-state index in [2.05, 4.69) is 0 Å². The molecule has 0 amide bonds. The van der Waals surface area contributed by atoms with E-state index in [4.69, 9.17) is 16.2 Å². The first kappa shape index (κ1) is 10.9. The van der Waals surface area contributed by atoms with E-state index in [1.54, 1.807) is 6.07 Å². The summed E-state index contributed by atoms with van der Waals surface area (Å²) in [6, 6.07) is 5.69. The van der Waals surface area contributed by atoms with Crippen LogP contribution in [0.25, 0.3) is 0 Å². The van der Waals surface area contributed by atoms with Crippen LogP contribution in [0.15, 0.2) is 18.2 Å². The molecule has 0 aromatic heterocycles. The van der Waals surface area contributed by atoms with E-state index in [1.807, 2.05) is 19.1 Å². The molecule has 0 bridgehead atoms. The van der Waals surface area contributed by atoms with Crippen molar-refractivity contribution < 1.29 is 4.74 Å². The predicted molar refractivity (Wildman–Crippen MR) is 60.1 cm³/mol. The molecule has 3 heteroatoms. The fraction of sp³-hybridized carbons (Fsp3) is 0.455. The fourth-order valence-electron chi connectivity index (χ4n) is 1.41. The standard InChI is InChI=1S/C11H18N2O/c1-2-14-5-3-4-9-6-10(12)8-11(13)7-9/h6-8H,2-5,12-13H2,1H3. The molecule has 0 fully saturated rings. The van der Waals surface area contributed by atoms with Crippen LogP contribution in [-0.4, -0.2) is 13.2 Å². The summed E-state index contributed by atoms with van der Waals surface area (Å²) in [6.45, 7) is 3.57. The second-order valence-electron chi connectivity index (χ2n) is 3.31. The molecule has 0 aliphatic heterocycles. The molecule has 78 valence electrons. The van der Waals surface area contributed by atoms with Crippen LogP contribution in [-0.2, 0) is 11.2 Å². The molecule has 14 heavy (non-hydrogen) atoms. The first-order valence-corrected chi connectivity index (χ1v) is 4.95. The number of hydrogen-bond donors (Lipinski definition) is 2. The lowest BCUT2D eigenvalue weighted by molar-refractivity contribution is 0.145. The molecule has 0 spiro atoms. The Morgan fingerprint density at radius 3 is 2.36 bits per heavy atom. The Morgan fingerprint density at radius 1 is 1.14 bits per heavy atom. The zero-order valence-corrected chi connectivity index (χ0v) is 8.62. The monoisotopic (exact) mass is 194 g/mol. The van der Waals surface area contributed by atoms with Gasteiger partial charge in [0.2, 0.25) is 0 Å². The maximum atomic E-state index is 5.68. The van der Waals surface area contributed by atoms with Crippen molar-refractivity contribution in [3.63, 3.8) is 0 Å². The molecule has 1 aromatic carbocycles. The number of nitrogens with two attached hydrogens (primary N) is 2. The maximum absolute atomic E-state index is 5.68. The number of benzene rings is 1. The number of ether oxygens (including phenoxy) is 1. The van der Waals surface area contributed by atoms with Crippen molar-refractivity contribution in [3.8, 4) is 0 Å². The van der Waals surface area contributed by atoms with Crippen molar-refractivity contribution in [1.29, 1.82) is 0 Å². The van der Waals surface area contributed by atoms with Gasteiger partial charge in [-0.15, -0.1) is 0 Å². The van der Waals surface area contributed by atoms with Gasteiger partial charge in [0.05, 0.1) is 0 Å². The lowest BCUT2D eigenvalue weighted by Crippen LogP contribution is -1.98. The summed E-state index contributed by atoms with van der Waals surface area (Å²) < 4.78 is 5.25. The van der Waals surface area contributed by atoms with Gasteiger partial charge in [-0.25, -0.2) is 0 Å². The predicted octanol–water partition coefficient (Wildman–Crippen LogP) is 1.82. The summed E-state index contributed by atoms with van der Waals surface area (Å²) in [5, 5.41) is 0. The molecule has 1 rings (SSSR count). The summed E-state index contributed by atoms with van der Waals surface area (Å²) >= 11 is 0. The molecule has 4 N–H and O–H groups in total. The molecule has 0 saturated carbocycles. The summed E-state index contributed by atoms with van der Waals surface area (Å²) in [4.78, 5) is 0. The second kappa shape index (κ2) is 5.50. The minimum Gasteiger partial charge on any atom is -0.399 e. The topological polar surface area (TPSA) is 61.3 Å². The Kier molecular flexibility index (Phi) is 4.26. The number of anilines is 2. The molecule has 0 aliphatic carbocycles. The van der Waals surface area contributed by atoms with Crippen LogP contribution >= 0.6 is 0 Å². The maximum Gasteiger partial charge on any atom is 0.0469 e. The van der Waals surface area contributed by atoms with Gasteiger partial charge < -0.3 is 16.2 Å². The SMILES string of the molecule is CCOCCCc1cc(N)cc(N)c1. The van der Waals surface area contributed by atoms with Crippen molar-refractivity contribution in [2.24, 2.45) is 0 Å². The van der Waals surface area contributed by atoms with Gasteiger partial charge in [0.1, 0.15) is 0 Å². The van der Waals surface area contributed by atoms with Crippen LogP contribution in [0.1, 0.15) is 18.9 Å². The van der Waals surface area contributed by atoms with E-state index in [1.165, 1.54) is 5.56 Å². The van der Waals surface area contributed by atoms with Gasteiger partial charge in [-0.1, -0.05) is 0 Å². The van der Waals surface area contributed by atoms with Crippen LogP contribution in [0.2, 0.25) is 0 Å². The summed E-state index contributed by atoms with van der Waals surface area (Å²) in [7, 11) is 0. The number of nitrogen functional groups attached to an aromatic ring is 2. The van der Waals surface area contributed by atoms with E-state index in [9.17, 15) is 0 Å². The third-order valence-corrected chi connectivity index (χ3v) is 2.00. The molecule has 3 nitrogen and oxygen atoms in total. The fourth-order valence-corrected chi connectivity index (χ4v) is 1.41. The lowest BCUT2D eigenvalue weighted by atomic mass is 10.1. The highest BCUT2D eigenvalue weighted by Gasteiger charge is 1.96. The third kappa shape index (κ3) is 3.66. The van der Waals surface area contributed by atoms with Gasteiger partial charge in [0.25, 0.3) is 0 Å². The number of rotatable bonds is 5. The van der Waals surface area contributed by atoms with Gasteiger partial charge >= 0.3 is 0 Å². The summed E-state index contributed by atoms with van der Waals surface area (Å²) in [5.74, 6) is 0. The third-order valence-electron chi connectivity index (χ3n) is 2.00. The van der Waals surface area contributed by atoms with E-state index < -0.39 is 0 Å². The molecule has 0 saturated heterocycles. The molecule has 0 radical (unpaired) electrons. The van der Waals surface area contributed by atoms with Gasteiger partial charge in [0, 0.05) is 24.6 Å². The van der Waals surface area contributed by atoms with Crippen LogP contribution in [0.4, 0.5) is 11.4 Å². The zero-order chi connectivity index (χ0) is 10.4. The zero-order valence-electron chi connectivity index (χ0n) is 8.62. The molecule has 0 unspecified atom stereocenters. The molecule has 0 atom stereocenters. The Morgan fingerprint density at radius 2 is 1.79 bits per heavy atom. The Hall–Kier alpha value is -1.22. The van der Waals surface area contributed by atoms with Gasteiger partial charge in [-0.2, -0.15) is 0 Å². The largest absolute Gasteiger partial charge is 0.399 e. The summed E-state index contributed by atoms with van der Waals surface area (Å²) in [6.07, 6.45) is 1.98. The van der Waals surface area contributed by atoms with Crippen molar-refractivity contribution >= 4 is 11.4 Å².